The Morgan fingerprint density at radius 3 is 1.56 bits per heavy atom. The molecule has 0 rings (SSSR count). The maximum atomic E-state index is 6.50. The van der Waals surface area contributed by atoms with Crippen molar-refractivity contribution in [1.82, 2.24) is 0 Å². The van der Waals surface area contributed by atoms with Crippen LogP contribution in [0.15, 0.2) is 0 Å². The number of hydrogen-bond donors (Lipinski definition) is 1. The van der Waals surface area contributed by atoms with Crippen molar-refractivity contribution in [3.05, 3.63) is 0 Å². The van der Waals surface area contributed by atoms with Crippen molar-refractivity contribution < 1.29 is 0 Å². The van der Waals surface area contributed by atoms with Crippen LogP contribution in [-0.4, -0.2) is 6.04 Å². The first kappa shape index (κ1) is 16.0. The molecule has 0 aromatic rings. The molecule has 1 unspecified atom stereocenters. The molecule has 1 atom stereocenters. The number of hydrogen-bond acceptors (Lipinski definition) is 1. The summed E-state index contributed by atoms with van der Waals surface area (Å²) in [6, 6.07) is 0.423. The van der Waals surface area contributed by atoms with Gasteiger partial charge in [0.15, 0.2) is 0 Å². The summed E-state index contributed by atoms with van der Waals surface area (Å²) in [5, 5.41) is 0. The van der Waals surface area contributed by atoms with Gasteiger partial charge >= 0.3 is 0 Å². The lowest BCUT2D eigenvalue weighted by molar-refractivity contribution is 0.153. The lowest BCUT2D eigenvalue weighted by atomic mass is 9.69. The van der Waals surface area contributed by atoms with Gasteiger partial charge in [0.05, 0.1) is 0 Å². The molecule has 0 aromatic heterocycles. The summed E-state index contributed by atoms with van der Waals surface area (Å²) in [5.41, 5.74) is 6.94. The van der Waals surface area contributed by atoms with E-state index in [0.717, 1.165) is 0 Å². The van der Waals surface area contributed by atoms with E-state index in [1.807, 2.05) is 0 Å². The maximum absolute atomic E-state index is 6.50. The van der Waals surface area contributed by atoms with Crippen molar-refractivity contribution in [2.75, 3.05) is 0 Å². The average molecular weight is 227 g/mol. The van der Waals surface area contributed by atoms with Crippen molar-refractivity contribution in [2.24, 2.45) is 11.1 Å². The number of rotatable bonds is 10. The summed E-state index contributed by atoms with van der Waals surface area (Å²) in [6.45, 7) is 9.15. The molecule has 1 heteroatoms. The molecule has 0 spiro atoms. The van der Waals surface area contributed by atoms with Crippen molar-refractivity contribution >= 4 is 0 Å². The normalized spacial score (nSPS) is 14.1. The van der Waals surface area contributed by atoms with E-state index in [2.05, 4.69) is 27.7 Å². The Balaban J connectivity index is 4.54. The molecule has 2 N–H and O–H groups in total. The molecule has 0 amide bonds. The van der Waals surface area contributed by atoms with Gasteiger partial charge in [0.1, 0.15) is 0 Å². The molecule has 0 bridgehead atoms. The van der Waals surface area contributed by atoms with E-state index >= 15 is 0 Å². The summed E-state index contributed by atoms with van der Waals surface area (Å²) in [7, 11) is 0. The molecule has 1 nitrogen and oxygen atoms in total. The van der Waals surface area contributed by atoms with E-state index in [9.17, 15) is 0 Å². The topological polar surface area (TPSA) is 26.0 Å². The molecule has 0 aliphatic heterocycles. The average Bonchev–Trinajstić information content (AvgIpc) is 2.26. The van der Waals surface area contributed by atoms with E-state index < -0.39 is 0 Å². The van der Waals surface area contributed by atoms with E-state index in [1.165, 1.54) is 57.8 Å². The Morgan fingerprint density at radius 2 is 1.25 bits per heavy atom. The van der Waals surface area contributed by atoms with Gasteiger partial charge in [-0.2, -0.15) is 0 Å². The predicted molar refractivity (Wildman–Crippen MR) is 74.7 cm³/mol. The molecular formula is C15H33N. The Kier molecular flexibility index (Phi) is 9.02. The summed E-state index contributed by atoms with van der Waals surface area (Å²) >= 11 is 0. The fourth-order valence-corrected chi connectivity index (χ4v) is 3.16. The third-order valence-electron chi connectivity index (χ3n) is 3.90. The SMILES string of the molecule is CCCCC(N)C(CCC)(CCC)CCC. The monoisotopic (exact) mass is 227 g/mol. The zero-order chi connectivity index (χ0) is 12.4. The van der Waals surface area contributed by atoms with Crippen LogP contribution in [0.2, 0.25) is 0 Å². The Labute approximate surface area is 103 Å². The molecule has 0 aromatic carbocycles. The second-order valence-electron chi connectivity index (χ2n) is 5.36. The Morgan fingerprint density at radius 1 is 0.812 bits per heavy atom. The fraction of sp³-hybridized carbons (Fsp3) is 1.00. The molecule has 0 saturated heterocycles. The largest absolute Gasteiger partial charge is 0.327 e. The van der Waals surface area contributed by atoms with E-state index in [0.29, 0.717) is 11.5 Å². The standard InChI is InChI=1S/C15H33N/c1-5-9-10-14(16)15(11-6-2,12-7-3)13-8-4/h14H,5-13,16H2,1-4H3. The van der Waals surface area contributed by atoms with Crippen LogP contribution >= 0.6 is 0 Å². The minimum absolute atomic E-state index is 0.423. The van der Waals surface area contributed by atoms with Crippen LogP contribution in [-0.2, 0) is 0 Å². The van der Waals surface area contributed by atoms with Crippen LogP contribution in [0.5, 0.6) is 0 Å². The summed E-state index contributed by atoms with van der Waals surface area (Å²) < 4.78 is 0. The van der Waals surface area contributed by atoms with Crippen molar-refractivity contribution in [1.29, 1.82) is 0 Å². The van der Waals surface area contributed by atoms with Crippen molar-refractivity contribution in [3.8, 4) is 0 Å². The Hall–Kier alpha value is -0.0400. The molecule has 0 aliphatic rings. The minimum Gasteiger partial charge on any atom is -0.327 e. The number of unbranched alkanes of at least 4 members (excludes halogenated alkanes) is 1. The van der Waals surface area contributed by atoms with Crippen LogP contribution in [0.25, 0.3) is 0 Å². The van der Waals surface area contributed by atoms with E-state index in [4.69, 9.17) is 5.73 Å². The summed E-state index contributed by atoms with van der Waals surface area (Å²) in [6.07, 6.45) is 11.6. The van der Waals surface area contributed by atoms with Crippen molar-refractivity contribution in [3.63, 3.8) is 0 Å². The minimum atomic E-state index is 0.423. The van der Waals surface area contributed by atoms with Gasteiger partial charge in [-0.25, -0.2) is 0 Å². The molecule has 0 fully saturated rings. The van der Waals surface area contributed by atoms with Gasteiger partial charge in [0.2, 0.25) is 0 Å². The molecular weight excluding hydrogens is 194 g/mol. The maximum Gasteiger partial charge on any atom is 0.00955 e. The fourth-order valence-electron chi connectivity index (χ4n) is 3.16. The highest BCUT2D eigenvalue weighted by Crippen LogP contribution is 2.39. The molecule has 0 radical (unpaired) electrons. The first-order valence-corrected chi connectivity index (χ1v) is 7.42. The Bertz CT molecular complexity index is 136. The smallest absolute Gasteiger partial charge is 0.00955 e. The third kappa shape index (κ3) is 4.86. The van der Waals surface area contributed by atoms with Gasteiger partial charge in [0, 0.05) is 6.04 Å². The second kappa shape index (κ2) is 9.04. The van der Waals surface area contributed by atoms with E-state index in [1.54, 1.807) is 0 Å². The highest BCUT2D eigenvalue weighted by molar-refractivity contribution is 4.88. The van der Waals surface area contributed by atoms with Gasteiger partial charge in [-0.1, -0.05) is 59.8 Å². The number of nitrogens with two attached hydrogens (primary N) is 1. The van der Waals surface area contributed by atoms with Gasteiger partial charge in [-0.15, -0.1) is 0 Å². The quantitative estimate of drug-likeness (QED) is 0.565. The predicted octanol–water partition coefficient (Wildman–Crippen LogP) is 4.89. The molecule has 98 valence electrons. The zero-order valence-electron chi connectivity index (χ0n) is 12.0. The summed E-state index contributed by atoms with van der Waals surface area (Å²) in [4.78, 5) is 0. The van der Waals surface area contributed by atoms with Gasteiger partial charge in [0.25, 0.3) is 0 Å². The van der Waals surface area contributed by atoms with Gasteiger partial charge < -0.3 is 5.73 Å². The van der Waals surface area contributed by atoms with Crippen LogP contribution in [0.1, 0.15) is 85.5 Å². The van der Waals surface area contributed by atoms with Gasteiger partial charge in [-0.05, 0) is 31.1 Å². The van der Waals surface area contributed by atoms with Crippen LogP contribution in [0.3, 0.4) is 0 Å². The first-order chi connectivity index (χ1) is 7.66. The first-order valence-electron chi connectivity index (χ1n) is 7.42. The summed E-state index contributed by atoms with van der Waals surface area (Å²) in [5.74, 6) is 0. The van der Waals surface area contributed by atoms with Crippen LogP contribution in [0.4, 0.5) is 0 Å². The molecule has 0 aliphatic carbocycles. The lowest BCUT2D eigenvalue weighted by Crippen LogP contribution is -2.41. The molecule has 0 heterocycles. The highest BCUT2D eigenvalue weighted by Gasteiger charge is 2.33. The van der Waals surface area contributed by atoms with Gasteiger partial charge in [-0.3, -0.25) is 0 Å². The molecule has 16 heavy (non-hydrogen) atoms. The zero-order valence-corrected chi connectivity index (χ0v) is 12.0. The van der Waals surface area contributed by atoms with E-state index in [-0.39, 0.29) is 0 Å². The van der Waals surface area contributed by atoms with Crippen LogP contribution in [0, 0.1) is 5.41 Å². The van der Waals surface area contributed by atoms with Crippen molar-refractivity contribution in [2.45, 2.75) is 91.5 Å². The molecule has 0 saturated carbocycles. The third-order valence-corrected chi connectivity index (χ3v) is 3.90. The lowest BCUT2D eigenvalue weighted by Gasteiger charge is -2.39. The second-order valence-corrected chi connectivity index (χ2v) is 5.36. The highest BCUT2D eigenvalue weighted by atomic mass is 14.7. The van der Waals surface area contributed by atoms with Crippen LogP contribution < -0.4 is 5.73 Å².